The fraction of sp³-hybridized carbons (Fsp3) is 0.0769. The van der Waals surface area contributed by atoms with Crippen molar-refractivity contribution in [1.82, 2.24) is 0 Å². The first-order valence-electron chi connectivity index (χ1n) is 10.8. The molecule has 0 unspecified atom stereocenters. The van der Waals surface area contributed by atoms with Gasteiger partial charge in [-0.15, -0.1) is 0 Å². The van der Waals surface area contributed by atoms with Crippen LogP contribution >= 0.6 is 0 Å². The van der Waals surface area contributed by atoms with Gasteiger partial charge in [-0.1, -0.05) is 48.5 Å². The molecule has 8 nitrogen and oxygen atoms in total. The summed E-state index contributed by atoms with van der Waals surface area (Å²) in [5.74, 6) is -0.421. The van der Waals surface area contributed by atoms with E-state index in [0.717, 1.165) is 0 Å². The van der Waals surface area contributed by atoms with Crippen molar-refractivity contribution in [2.45, 2.75) is 23.6 Å². The summed E-state index contributed by atoms with van der Waals surface area (Å²) in [5, 5.41) is 0.404. The highest BCUT2D eigenvalue weighted by Crippen LogP contribution is 2.31. The molecule has 0 saturated heterocycles. The first kappa shape index (κ1) is 25.1. The molecule has 10 heteroatoms. The van der Waals surface area contributed by atoms with Crippen molar-refractivity contribution in [2.24, 2.45) is 0 Å². The number of hydrogen-bond acceptors (Lipinski definition) is 6. The van der Waals surface area contributed by atoms with Crippen molar-refractivity contribution in [3.8, 4) is 0 Å². The molecule has 4 rings (SSSR count). The van der Waals surface area contributed by atoms with Crippen molar-refractivity contribution in [1.29, 1.82) is 0 Å². The number of carbonyl (C=O) groups excluding carboxylic acids is 2. The van der Waals surface area contributed by atoms with E-state index < -0.39 is 20.0 Å². The van der Waals surface area contributed by atoms with Crippen LogP contribution in [0.1, 0.15) is 34.6 Å². The summed E-state index contributed by atoms with van der Waals surface area (Å²) in [4.78, 5) is 23.1. The van der Waals surface area contributed by atoms with Gasteiger partial charge >= 0.3 is 0 Å². The minimum atomic E-state index is -4.13. The lowest BCUT2D eigenvalue weighted by Gasteiger charge is -2.14. The standard InChI is InChI=1S/C26H22N2O6S2/c1-17(29)19-7-3-9-21(15-19)27-35(31,32)25-13-5-12-24-23(25)11-6-14-26(24)36(33,34)28-22-10-4-8-20(16-22)18(2)30/h3-16,27-28H,1-2H3. The Hall–Kier alpha value is -4.02. The number of fused-ring (bicyclic) bond motifs is 1. The molecule has 0 atom stereocenters. The Morgan fingerprint density at radius 2 is 0.917 bits per heavy atom. The van der Waals surface area contributed by atoms with Crippen LogP contribution in [0.3, 0.4) is 0 Å². The van der Waals surface area contributed by atoms with Crippen LogP contribution in [0.4, 0.5) is 11.4 Å². The van der Waals surface area contributed by atoms with E-state index in [-0.39, 0.29) is 43.5 Å². The van der Waals surface area contributed by atoms with E-state index in [9.17, 15) is 26.4 Å². The van der Waals surface area contributed by atoms with Crippen molar-refractivity contribution < 1.29 is 26.4 Å². The molecular weight excluding hydrogens is 500 g/mol. The van der Waals surface area contributed by atoms with E-state index in [2.05, 4.69) is 9.44 Å². The molecule has 0 aromatic heterocycles. The van der Waals surface area contributed by atoms with Gasteiger partial charge in [0.25, 0.3) is 20.0 Å². The highest BCUT2D eigenvalue weighted by atomic mass is 32.2. The Bertz CT molecular complexity index is 1600. The summed E-state index contributed by atoms with van der Waals surface area (Å²) in [6, 6.07) is 20.9. The number of Topliss-reactive ketones (excluding diaryl/α,β-unsaturated/α-hetero) is 2. The Morgan fingerprint density at radius 1 is 0.556 bits per heavy atom. The third-order valence-corrected chi connectivity index (χ3v) is 8.34. The molecule has 4 aromatic carbocycles. The van der Waals surface area contributed by atoms with Crippen molar-refractivity contribution in [2.75, 3.05) is 9.44 Å². The highest BCUT2D eigenvalue weighted by Gasteiger charge is 2.23. The minimum Gasteiger partial charge on any atom is -0.295 e. The van der Waals surface area contributed by atoms with Crippen LogP contribution < -0.4 is 9.44 Å². The van der Waals surface area contributed by atoms with Crippen LogP contribution in [0.2, 0.25) is 0 Å². The molecule has 2 N–H and O–H groups in total. The monoisotopic (exact) mass is 522 g/mol. The first-order chi connectivity index (χ1) is 17.0. The molecule has 4 aromatic rings. The number of benzene rings is 4. The van der Waals surface area contributed by atoms with Gasteiger partial charge in [-0.3, -0.25) is 19.0 Å². The van der Waals surface area contributed by atoms with Crippen LogP contribution in [0, 0.1) is 0 Å². The summed E-state index contributed by atoms with van der Waals surface area (Å²) >= 11 is 0. The molecule has 0 aliphatic carbocycles. The molecule has 36 heavy (non-hydrogen) atoms. The van der Waals surface area contributed by atoms with E-state index in [1.165, 1.54) is 74.5 Å². The zero-order chi connectivity index (χ0) is 26.1. The molecule has 0 fully saturated rings. The maximum absolute atomic E-state index is 13.3. The average Bonchev–Trinajstić information content (AvgIpc) is 2.83. The second-order valence-electron chi connectivity index (χ2n) is 8.09. The number of ketones is 2. The van der Waals surface area contributed by atoms with Gasteiger partial charge in [-0.25, -0.2) is 16.8 Å². The summed E-state index contributed by atoms with van der Waals surface area (Å²) in [7, 11) is -8.27. The molecule has 0 bridgehead atoms. The number of anilines is 2. The van der Waals surface area contributed by atoms with E-state index in [4.69, 9.17) is 0 Å². The lowest BCUT2D eigenvalue weighted by atomic mass is 10.1. The van der Waals surface area contributed by atoms with Crippen LogP contribution in [0.15, 0.2) is 94.7 Å². The van der Waals surface area contributed by atoms with Crippen LogP contribution in [-0.4, -0.2) is 28.4 Å². The Kier molecular flexibility index (Phi) is 6.66. The maximum Gasteiger partial charge on any atom is 0.262 e. The van der Waals surface area contributed by atoms with E-state index in [0.29, 0.717) is 11.1 Å². The largest absolute Gasteiger partial charge is 0.295 e. The summed E-state index contributed by atoms with van der Waals surface area (Å²) in [5.41, 5.74) is 1.11. The Labute approximate surface area is 209 Å². The quantitative estimate of drug-likeness (QED) is 0.319. The highest BCUT2D eigenvalue weighted by molar-refractivity contribution is 7.93. The fourth-order valence-electron chi connectivity index (χ4n) is 3.74. The zero-order valence-corrected chi connectivity index (χ0v) is 21.0. The number of sulfonamides is 2. The van der Waals surface area contributed by atoms with Gasteiger partial charge in [0.05, 0.1) is 9.79 Å². The van der Waals surface area contributed by atoms with Crippen LogP contribution in [0.25, 0.3) is 10.8 Å². The third kappa shape index (κ3) is 5.14. The third-order valence-electron chi connectivity index (χ3n) is 5.46. The minimum absolute atomic E-state index is 0.121. The average molecular weight is 523 g/mol. The van der Waals surface area contributed by atoms with E-state index in [1.807, 2.05) is 0 Å². The molecule has 0 amide bonds. The molecule has 184 valence electrons. The number of hydrogen-bond donors (Lipinski definition) is 2. The van der Waals surface area contributed by atoms with Gasteiger partial charge in [0.1, 0.15) is 0 Å². The van der Waals surface area contributed by atoms with Crippen LogP contribution in [0.5, 0.6) is 0 Å². The van der Waals surface area contributed by atoms with Crippen molar-refractivity contribution in [3.05, 3.63) is 96.1 Å². The van der Waals surface area contributed by atoms with E-state index in [1.54, 1.807) is 24.3 Å². The Morgan fingerprint density at radius 3 is 1.28 bits per heavy atom. The predicted octanol–water partition coefficient (Wildman–Crippen LogP) is 4.85. The van der Waals surface area contributed by atoms with Gasteiger partial charge in [0.2, 0.25) is 0 Å². The molecular formula is C26H22N2O6S2. The molecule has 0 saturated carbocycles. The molecule has 0 heterocycles. The van der Waals surface area contributed by atoms with Gasteiger partial charge in [-0.05, 0) is 50.2 Å². The normalized spacial score (nSPS) is 11.7. The van der Waals surface area contributed by atoms with Gasteiger partial charge < -0.3 is 0 Å². The van der Waals surface area contributed by atoms with Gasteiger partial charge in [0, 0.05) is 33.3 Å². The number of carbonyl (C=O) groups is 2. The van der Waals surface area contributed by atoms with Gasteiger partial charge in [-0.2, -0.15) is 0 Å². The first-order valence-corrected chi connectivity index (χ1v) is 13.7. The molecule has 0 aliphatic heterocycles. The Balaban J connectivity index is 1.76. The molecule has 0 radical (unpaired) electrons. The second kappa shape index (κ2) is 9.56. The number of rotatable bonds is 8. The smallest absolute Gasteiger partial charge is 0.262 e. The second-order valence-corrected chi connectivity index (χ2v) is 11.4. The molecule has 0 aliphatic rings. The SMILES string of the molecule is CC(=O)c1cccc(NS(=O)(=O)c2cccc3c(S(=O)(=O)Nc4cccc(C(C)=O)c4)cccc23)c1. The summed E-state index contributed by atoms with van der Waals surface area (Å²) in [6.45, 7) is 2.76. The number of nitrogens with one attached hydrogen (secondary N) is 2. The predicted molar refractivity (Wildman–Crippen MR) is 138 cm³/mol. The van der Waals surface area contributed by atoms with Crippen molar-refractivity contribution >= 4 is 53.8 Å². The summed E-state index contributed by atoms with van der Waals surface area (Å²) in [6.07, 6.45) is 0. The fourth-order valence-corrected chi connectivity index (χ4v) is 6.29. The molecule has 0 spiro atoms. The summed E-state index contributed by atoms with van der Waals surface area (Å²) < 4.78 is 57.9. The topological polar surface area (TPSA) is 126 Å². The lowest BCUT2D eigenvalue weighted by molar-refractivity contribution is 0.100. The maximum atomic E-state index is 13.3. The van der Waals surface area contributed by atoms with Crippen LogP contribution in [-0.2, 0) is 20.0 Å². The van der Waals surface area contributed by atoms with Gasteiger partial charge in [0.15, 0.2) is 11.6 Å². The van der Waals surface area contributed by atoms with Crippen molar-refractivity contribution in [3.63, 3.8) is 0 Å². The van der Waals surface area contributed by atoms with E-state index >= 15 is 0 Å². The zero-order valence-electron chi connectivity index (χ0n) is 19.3. The lowest BCUT2D eigenvalue weighted by Crippen LogP contribution is -2.16.